The zero-order valence-electron chi connectivity index (χ0n) is 9.89. The molecule has 0 aliphatic carbocycles. The smallest absolute Gasteiger partial charge is 0.297 e. The number of nitrogens with one attached hydrogen (secondary N) is 1. The first-order valence-corrected chi connectivity index (χ1v) is 6.21. The number of hydrogen-bond acceptors (Lipinski definition) is 4. The Morgan fingerprint density at radius 2 is 1.90 bits per heavy atom. The number of anilines is 1. The molecule has 0 atom stereocenters. The number of rotatable bonds is 3. The molecule has 0 aliphatic rings. The van der Waals surface area contributed by atoms with Crippen molar-refractivity contribution in [1.82, 2.24) is 10.2 Å². The van der Waals surface area contributed by atoms with E-state index in [9.17, 15) is 18.0 Å². The number of carbonyl (C=O) groups is 1. The fourth-order valence-electron chi connectivity index (χ4n) is 1.27. The molecule has 0 bridgehead atoms. The Morgan fingerprint density at radius 3 is 2.50 bits per heavy atom. The molecule has 0 saturated heterocycles. The number of nitrogens with zero attached hydrogens (tertiary/aromatic N) is 2. The number of hydrogen-bond donors (Lipinski definition) is 1. The van der Waals surface area contributed by atoms with E-state index in [1.54, 1.807) is 30.3 Å². The molecule has 1 aromatic carbocycles. The van der Waals surface area contributed by atoms with Crippen LogP contribution in [0.4, 0.5) is 18.3 Å². The zero-order chi connectivity index (χ0) is 14.6. The van der Waals surface area contributed by atoms with Gasteiger partial charge in [-0.15, -0.1) is 10.2 Å². The molecule has 4 nitrogen and oxygen atoms in total. The Morgan fingerprint density at radius 1 is 1.20 bits per heavy atom. The third kappa shape index (κ3) is 3.89. The van der Waals surface area contributed by atoms with Gasteiger partial charge in [0, 0.05) is 6.08 Å². The van der Waals surface area contributed by atoms with Crippen molar-refractivity contribution >= 4 is 28.5 Å². The van der Waals surface area contributed by atoms with Crippen molar-refractivity contribution in [2.75, 3.05) is 5.32 Å². The maximum atomic E-state index is 12.3. The summed E-state index contributed by atoms with van der Waals surface area (Å²) in [4.78, 5) is 11.5. The highest BCUT2D eigenvalue weighted by Crippen LogP contribution is 2.32. The summed E-state index contributed by atoms with van der Waals surface area (Å²) in [6.07, 6.45) is -1.80. The van der Waals surface area contributed by atoms with Gasteiger partial charge in [-0.1, -0.05) is 41.7 Å². The van der Waals surface area contributed by atoms with Crippen molar-refractivity contribution < 1.29 is 18.0 Å². The number of amides is 1. The largest absolute Gasteiger partial charge is 0.445 e. The summed E-state index contributed by atoms with van der Waals surface area (Å²) in [5.41, 5.74) is 0.802. The van der Waals surface area contributed by atoms with Gasteiger partial charge in [-0.05, 0) is 11.6 Å². The lowest BCUT2D eigenvalue weighted by atomic mass is 10.2. The van der Waals surface area contributed by atoms with Gasteiger partial charge in [0.15, 0.2) is 0 Å². The monoisotopic (exact) mass is 299 g/mol. The summed E-state index contributed by atoms with van der Waals surface area (Å²) in [7, 11) is 0. The summed E-state index contributed by atoms with van der Waals surface area (Å²) in [6.45, 7) is 0. The molecule has 20 heavy (non-hydrogen) atoms. The molecule has 0 radical (unpaired) electrons. The van der Waals surface area contributed by atoms with Gasteiger partial charge in [0.25, 0.3) is 0 Å². The lowest BCUT2D eigenvalue weighted by molar-refractivity contribution is -0.138. The van der Waals surface area contributed by atoms with Crippen molar-refractivity contribution in [3.05, 3.63) is 47.0 Å². The second-order valence-corrected chi connectivity index (χ2v) is 4.62. The molecule has 1 N–H and O–H groups in total. The molecule has 0 fully saturated rings. The van der Waals surface area contributed by atoms with Crippen molar-refractivity contribution in [3.63, 3.8) is 0 Å². The lowest BCUT2D eigenvalue weighted by Gasteiger charge is -1.98. The maximum Gasteiger partial charge on any atom is 0.445 e. The highest BCUT2D eigenvalue weighted by molar-refractivity contribution is 7.15. The van der Waals surface area contributed by atoms with Crippen molar-refractivity contribution in [1.29, 1.82) is 0 Å². The second-order valence-electron chi connectivity index (χ2n) is 3.64. The lowest BCUT2D eigenvalue weighted by Crippen LogP contribution is -2.07. The van der Waals surface area contributed by atoms with Crippen LogP contribution in [0, 0.1) is 0 Å². The Balaban J connectivity index is 1.98. The van der Waals surface area contributed by atoms with Crippen molar-refractivity contribution in [2.24, 2.45) is 0 Å². The summed E-state index contributed by atoms with van der Waals surface area (Å²) in [5.74, 6) is -0.571. The molecule has 1 heterocycles. The Labute approximate surface area is 116 Å². The molecule has 2 aromatic rings. The Hall–Kier alpha value is -2.22. The van der Waals surface area contributed by atoms with E-state index >= 15 is 0 Å². The first-order valence-electron chi connectivity index (χ1n) is 5.40. The molecule has 1 aromatic heterocycles. The number of alkyl halides is 3. The van der Waals surface area contributed by atoms with Gasteiger partial charge in [-0.2, -0.15) is 13.2 Å². The average molecular weight is 299 g/mol. The molecular weight excluding hydrogens is 291 g/mol. The van der Waals surface area contributed by atoms with E-state index in [1.807, 2.05) is 6.07 Å². The SMILES string of the molecule is O=C(C=Cc1ccccc1)Nc1nnc(C(F)(F)F)s1. The van der Waals surface area contributed by atoms with Crippen LogP contribution in [0.5, 0.6) is 0 Å². The summed E-state index contributed by atoms with van der Waals surface area (Å²) in [6, 6.07) is 9.01. The fraction of sp³-hybridized carbons (Fsp3) is 0.0833. The zero-order valence-corrected chi connectivity index (χ0v) is 10.7. The Bertz CT molecular complexity index is 622. The van der Waals surface area contributed by atoms with Crippen LogP contribution >= 0.6 is 11.3 Å². The van der Waals surface area contributed by atoms with Crippen LogP contribution in [0.2, 0.25) is 0 Å². The van der Waals surface area contributed by atoms with E-state index in [2.05, 4.69) is 15.5 Å². The third-order valence-corrected chi connectivity index (χ3v) is 3.01. The quantitative estimate of drug-likeness (QED) is 0.885. The predicted molar refractivity (Wildman–Crippen MR) is 69.0 cm³/mol. The molecule has 1 amide bonds. The maximum absolute atomic E-state index is 12.3. The van der Waals surface area contributed by atoms with Gasteiger partial charge in [0.05, 0.1) is 0 Å². The van der Waals surface area contributed by atoms with Crippen LogP contribution in [0.1, 0.15) is 10.6 Å². The number of halogens is 3. The molecular formula is C12H8F3N3OS. The van der Waals surface area contributed by atoms with Gasteiger partial charge in [0.1, 0.15) is 0 Å². The van der Waals surface area contributed by atoms with Gasteiger partial charge in [-0.25, -0.2) is 0 Å². The minimum absolute atomic E-state index is 0.194. The number of benzene rings is 1. The van der Waals surface area contributed by atoms with Crippen LogP contribution in [0.25, 0.3) is 6.08 Å². The molecule has 8 heteroatoms. The van der Waals surface area contributed by atoms with Gasteiger partial charge >= 0.3 is 6.18 Å². The van der Waals surface area contributed by atoms with Crippen LogP contribution in [0.15, 0.2) is 36.4 Å². The third-order valence-electron chi connectivity index (χ3n) is 2.12. The molecule has 0 spiro atoms. The number of aromatic nitrogens is 2. The highest BCUT2D eigenvalue weighted by Gasteiger charge is 2.35. The topological polar surface area (TPSA) is 54.9 Å². The van der Waals surface area contributed by atoms with E-state index in [-0.39, 0.29) is 16.5 Å². The minimum atomic E-state index is -4.56. The first-order chi connectivity index (χ1) is 9.45. The summed E-state index contributed by atoms with van der Waals surface area (Å²) >= 11 is 0.277. The predicted octanol–water partition coefficient (Wildman–Crippen LogP) is 3.21. The second kappa shape index (κ2) is 5.83. The normalized spacial score (nSPS) is 11.8. The van der Waals surface area contributed by atoms with Gasteiger partial charge < -0.3 is 0 Å². The molecule has 0 aliphatic heterocycles. The number of carbonyl (C=O) groups excluding carboxylic acids is 1. The van der Waals surface area contributed by atoms with Crippen molar-refractivity contribution in [3.8, 4) is 0 Å². The Kier molecular flexibility index (Phi) is 4.14. The van der Waals surface area contributed by atoms with Crippen LogP contribution < -0.4 is 5.32 Å². The van der Waals surface area contributed by atoms with Crippen LogP contribution in [0.3, 0.4) is 0 Å². The minimum Gasteiger partial charge on any atom is -0.297 e. The highest BCUT2D eigenvalue weighted by atomic mass is 32.1. The standard InChI is InChI=1S/C12H8F3N3OS/c13-12(14,15)10-17-18-11(20-10)16-9(19)7-6-8-4-2-1-3-5-8/h1-7H,(H,16,18,19). The summed E-state index contributed by atoms with van der Waals surface area (Å²) < 4.78 is 36.9. The van der Waals surface area contributed by atoms with Crippen LogP contribution in [-0.2, 0) is 11.0 Å². The van der Waals surface area contributed by atoms with E-state index in [0.717, 1.165) is 5.56 Å². The van der Waals surface area contributed by atoms with E-state index < -0.39 is 17.1 Å². The molecule has 104 valence electrons. The summed E-state index contributed by atoms with van der Waals surface area (Å²) in [5, 5.41) is 7.16. The van der Waals surface area contributed by atoms with E-state index in [4.69, 9.17) is 0 Å². The van der Waals surface area contributed by atoms with Crippen LogP contribution in [-0.4, -0.2) is 16.1 Å². The first kappa shape index (κ1) is 14.2. The van der Waals surface area contributed by atoms with E-state index in [0.29, 0.717) is 0 Å². The van der Waals surface area contributed by atoms with Gasteiger partial charge in [-0.3, -0.25) is 10.1 Å². The van der Waals surface area contributed by atoms with E-state index in [1.165, 1.54) is 6.08 Å². The molecule has 0 saturated carbocycles. The fourth-order valence-corrected chi connectivity index (χ4v) is 1.89. The molecule has 0 unspecified atom stereocenters. The van der Waals surface area contributed by atoms with Crippen molar-refractivity contribution in [2.45, 2.75) is 6.18 Å². The molecule has 2 rings (SSSR count). The average Bonchev–Trinajstić information content (AvgIpc) is 2.86. The van der Waals surface area contributed by atoms with Gasteiger partial charge in [0.2, 0.25) is 16.0 Å².